The molecule has 0 unspecified atom stereocenters. The van der Waals surface area contributed by atoms with Crippen molar-refractivity contribution < 1.29 is 10.3 Å². The molecule has 4 aromatic carbocycles. The zero-order valence-electron chi connectivity index (χ0n) is 16.4. The van der Waals surface area contributed by atoms with Crippen molar-refractivity contribution in [3.8, 4) is 0 Å². The molecule has 4 nitrogen and oxygen atoms in total. The molecule has 4 aromatic rings. The van der Waals surface area contributed by atoms with E-state index in [2.05, 4.69) is 0 Å². The Morgan fingerprint density at radius 3 is 0.733 bits per heavy atom. The molecule has 0 aromatic heterocycles. The Hall–Kier alpha value is -4.18. The van der Waals surface area contributed by atoms with E-state index in [1.54, 1.807) is 0 Å². The molecule has 0 fully saturated rings. The third-order valence-electron chi connectivity index (χ3n) is 4.45. The molecule has 0 radical (unpaired) electrons. The maximum Gasteiger partial charge on any atom is 0.223 e. The van der Waals surface area contributed by atoms with Crippen LogP contribution in [0.25, 0.3) is 0 Å². The number of hydrogen-bond donors (Lipinski definition) is 2. The Morgan fingerprint density at radius 2 is 0.567 bits per heavy atom. The number of nitrogens with one attached hydrogen (secondary N) is 2. The van der Waals surface area contributed by atoms with Crippen molar-refractivity contribution in [2.75, 3.05) is 0 Å². The molecule has 0 atom stereocenters. The van der Waals surface area contributed by atoms with E-state index >= 15 is 0 Å². The molecule has 0 saturated heterocycles. The van der Waals surface area contributed by atoms with Crippen LogP contribution in [0.3, 0.4) is 0 Å². The van der Waals surface area contributed by atoms with Crippen molar-refractivity contribution in [1.82, 2.24) is 0 Å². The summed E-state index contributed by atoms with van der Waals surface area (Å²) in [7, 11) is 0. The Morgan fingerprint density at radius 1 is 0.367 bits per heavy atom. The Labute approximate surface area is 176 Å². The SMILES string of the molecule is [O-][NH+]=C(c1ccccc1)c1ccccc1.[O-][NH+]=C(c1ccccc1)c1ccccc1. The molecular weight excluding hydrogens is 372 g/mol. The van der Waals surface area contributed by atoms with Gasteiger partial charge < -0.3 is 10.4 Å². The minimum atomic E-state index is 0.608. The van der Waals surface area contributed by atoms with Gasteiger partial charge in [-0.25, -0.2) is 10.3 Å². The zero-order valence-corrected chi connectivity index (χ0v) is 16.4. The summed E-state index contributed by atoms with van der Waals surface area (Å²) in [6, 6.07) is 38.3. The molecule has 0 spiro atoms. The summed E-state index contributed by atoms with van der Waals surface area (Å²) < 4.78 is 0. The van der Waals surface area contributed by atoms with Gasteiger partial charge in [0.05, 0.1) is 0 Å². The first kappa shape index (κ1) is 20.6. The third-order valence-corrected chi connectivity index (χ3v) is 4.45. The molecule has 0 aliphatic carbocycles. The molecule has 4 heteroatoms. The van der Waals surface area contributed by atoms with Crippen LogP contribution in [0, 0.1) is 10.4 Å². The van der Waals surface area contributed by atoms with Crippen LogP contribution in [0.2, 0.25) is 0 Å². The highest BCUT2D eigenvalue weighted by Gasteiger charge is 2.10. The first-order chi connectivity index (χ1) is 14.8. The summed E-state index contributed by atoms with van der Waals surface area (Å²) in [5.41, 5.74) is 4.82. The summed E-state index contributed by atoms with van der Waals surface area (Å²) in [5.74, 6) is 0. The molecule has 0 saturated carbocycles. The van der Waals surface area contributed by atoms with Crippen LogP contribution in [0.1, 0.15) is 22.3 Å². The Kier molecular flexibility index (Phi) is 7.52. The van der Waals surface area contributed by atoms with Crippen molar-refractivity contribution in [2.24, 2.45) is 0 Å². The van der Waals surface area contributed by atoms with Crippen LogP contribution < -0.4 is 10.3 Å². The molecule has 0 amide bonds. The lowest BCUT2D eigenvalue weighted by Crippen LogP contribution is -2.66. The van der Waals surface area contributed by atoms with Crippen molar-refractivity contribution in [3.05, 3.63) is 154 Å². The predicted molar refractivity (Wildman–Crippen MR) is 121 cm³/mol. The monoisotopic (exact) mass is 394 g/mol. The number of rotatable bonds is 4. The minimum absolute atomic E-state index is 0.608. The van der Waals surface area contributed by atoms with Gasteiger partial charge in [0, 0.05) is 22.3 Å². The van der Waals surface area contributed by atoms with E-state index in [9.17, 15) is 10.4 Å². The first-order valence-electron chi connectivity index (χ1n) is 9.55. The van der Waals surface area contributed by atoms with Gasteiger partial charge in [-0.1, -0.05) is 72.8 Å². The van der Waals surface area contributed by atoms with Crippen molar-refractivity contribution in [3.63, 3.8) is 0 Å². The maximum absolute atomic E-state index is 10.9. The standard InChI is InChI=1S/2C13H11NO/c2*15-14-13(11-7-3-1-4-8-11)12-9-5-2-6-10-12/h2*1-10,14H. The lowest BCUT2D eigenvalue weighted by molar-refractivity contribution is -0.372. The second kappa shape index (κ2) is 11.0. The molecule has 30 heavy (non-hydrogen) atoms. The maximum atomic E-state index is 10.9. The molecule has 0 bridgehead atoms. The molecule has 2 N–H and O–H groups in total. The van der Waals surface area contributed by atoms with E-state index in [4.69, 9.17) is 0 Å². The van der Waals surface area contributed by atoms with Gasteiger partial charge in [0.25, 0.3) is 0 Å². The topological polar surface area (TPSA) is 74.1 Å². The Bertz CT molecular complexity index is 905. The fourth-order valence-corrected chi connectivity index (χ4v) is 2.99. The zero-order chi connectivity index (χ0) is 21.0. The first-order valence-corrected chi connectivity index (χ1v) is 9.55. The number of hydrogen-bond acceptors (Lipinski definition) is 2. The smallest absolute Gasteiger partial charge is 0.223 e. The van der Waals surface area contributed by atoms with Gasteiger partial charge >= 0.3 is 0 Å². The number of benzene rings is 4. The lowest BCUT2D eigenvalue weighted by atomic mass is 10.0. The van der Waals surface area contributed by atoms with Gasteiger partial charge in [-0.05, 0) is 48.5 Å². The van der Waals surface area contributed by atoms with Crippen LogP contribution in [0.4, 0.5) is 0 Å². The molecule has 148 valence electrons. The van der Waals surface area contributed by atoms with E-state index in [0.29, 0.717) is 11.4 Å². The van der Waals surface area contributed by atoms with Gasteiger partial charge in [-0.15, -0.1) is 0 Å². The van der Waals surface area contributed by atoms with Crippen molar-refractivity contribution >= 4 is 11.4 Å². The second-order valence-corrected chi connectivity index (χ2v) is 6.42. The van der Waals surface area contributed by atoms with Gasteiger partial charge in [0.15, 0.2) is 0 Å². The second-order valence-electron chi connectivity index (χ2n) is 6.42. The molecule has 4 rings (SSSR count). The quantitative estimate of drug-likeness (QED) is 0.316. The minimum Gasteiger partial charge on any atom is -0.625 e. The van der Waals surface area contributed by atoms with Gasteiger partial charge in [0.1, 0.15) is 0 Å². The van der Waals surface area contributed by atoms with E-state index in [0.717, 1.165) is 22.3 Å². The van der Waals surface area contributed by atoms with Crippen LogP contribution in [0.5, 0.6) is 0 Å². The van der Waals surface area contributed by atoms with E-state index in [-0.39, 0.29) is 0 Å². The van der Waals surface area contributed by atoms with Crippen molar-refractivity contribution in [1.29, 1.82) is 0 Å². The molecular formula is C26H22N2O2. The lowest BCUT2D eigenvalue weighted by Gasteiger charge is -2.01. The molecule has 0 heterocycles. The predicted octanol–water partition coefficient (Wildman–Crippen LogP) is 2.20. The normalized spacial score (nSPS) is 9.60. The largest absolute Gasteiger partial charge is 0.625 e. The van der Waals surface area contributed by atoms with Crippen LogP contribution in [0.15, 0.2) is 121 Å². The molecule has 0 aliphatic heterocycles. The van der Waals surface area contributed by atoms with Crippen molar-refractivity contribution in [2.45, 2.75) is 0 Å². The fraction of sp³-hybridized carbons (Fsp3) is 0. The summed E-state index contributed by atoms with van der Waals surface area (Å²) >= 11 is 0. The fourth-order valence-electron chi connectivity index (χ4n) is 2.99. The highest BCUT2D eigenvalue weighted by molar-refractivity contribution is 6.09. The third kappa shape index (κ3) is 5.42. The van der Waals surface area contributed by atoms with Gasteiger partial charge in [-0.2, -0.15) is 0 Å². The van der Waals surface area contributed by atoms with E-state index < -0.39 is 0 Å². The highest BCUT2D eigenvalue weighted by atomic mass is 16.4. The van der Waals surface area contributed by atoms with Crippen LogP contribution in [-0.4, -0.2) is 11.4 Å². The van der Waals surface area contributed by atoms with E-state index in [1.807, 2.05) is 132 Å². The van der Waals surface area contributed by atoms with Crippen LogP contribution in [-0.2, 0) is 0 Å². The summed E-state index contributed by atoms with van der Waals surface area (Å²) in [6.45, 7) is 0. The van der Waals surface area contributed by atoms with Gasteiger partial charge in [0.2, 0.25) is 11.4 Å². The average molecular weight is 394 g/mol. The summed E-state index contributed by atoms with van der Waals surface area (Å²) in [5, 5.41) is 25.9. The summed E-state index contributed by atoms with van der Waals surface area (Å²) in [4.78, 5) is 0. The highest BCUT2D eigenvalue weighted by Crippen LogP contribution is 2.07. The summed E-state index contributed by atoms with van der Waals surface area (Å²) in [6.07, 6.45) is 0. The average Bonchev–Trinajstić information content (AvgIpc) is 2.83. The molecule has 0 aliphatic rings. The Balaban J connectivity index is 0.000000171. The van der Waals surface area contributed by atoms with Gasteiger partial charge in [-0.3, -0.25) is 0 Å². The van der Waals surface area contributed by atoms with E-state index in [1.165, 1.54) is 0 Å². The van der Waals surface area contributed by atoms with Crippen LogP contribution >= 0.6 is 0 Å².